The number of hydrogen-bond acceptors (Lipinski definition) is 6. The monoisotopic (exact) mass is 286 g/mol. The molecule has 0 spiro atoms. The maximum Gasteiger partial charge on any atom is 0.339 e. The summed E-state index contributed by atoms with van der Waals surface area (Å²) in [6, 6.07) is 0.927. The summed E-state index contributed by atoms with van der Waals surface area (Å²) in [5.74, 6) is -1.30. The summed E-state index contributed by atoms with van der Waals surface area (Å²) in [5.41, 5.74) is 0.377. The summed E-state index contributed by atoms with van der Waals surface area (Å²) in [5, 5.41) is 7.75. The lowest BCUT2D eigenvalue weighted by Gasteiger charge is -2.06. The van der Waals surface area contributed by atoms with Crippen molar-refractivity contribution in [2.75, 3.05) is 26.9 Å². The number of carbonyl (C=O) groups is 3. The van der Waals surface area contributed by atoms with Crippen LogP contribution >= 0.6 is 11.3 Å². The van der Waals surface area contributed by atoms with Gasteiger partial charge in [-0.15, -0.1) is 0 Å². The molecular weight excluding hydrogens is 272 g/mol. The van der Waals surface area contributed by atoms with Gasteiger partial charge in [0.1, 0.15) is 0 Å². The van der Waals surface area contributed by atoms with E-state index in [1.54, 1.807) is 16.8 Å². The standard InChI is InChI=1S/C11H14N2O5S/c1-17-4-3-12-11(16)13-9(14)6-18-10(15)8-2-5-19-7-8/h2,5,7H,3-4,6H2,1H3,(H2,12,13,14,16). The van der Waals surface area contributed by atoms with Gasteiger partial charge in [0.25, 0.3) is 5.91 Å². The molecule has 0 aliphatic carbocycles. The Hall–Kier alpha value is -1.93. The second-order valence-corrected chi connectivity index (χ2v) is 4.17. The van der Waals surface area contributed by atoms with Crippen molar-refractivity contribution in [1.29, 1.82) is 0 Å². The molecule has 0 radical (unpaired) electrons. The van der Waals surface area contributed by atoms with E-state index in [2.05, 4.69) is 5.32 Å². The van der Waals surface area contributed by atoms with E-state index >= 15 is 0 Å². The number of amides is 3. The summed E-state index contributed by atoms with van der Waals surface area (Å²) in [4.78, 5) is 33.8. The lowest BCUT2D eigenvalue weighted by atomic mass is 10.3. The van der Waals surface area contributed by atoms with Crippen LogP contribution in [0.5, 0.6) is 0 Å². The quantitative estimate of drug-likeness (QED) is 0.582. The van der Waals surface area contributed by atoms with Gasteiger partial charge in [0.2, 0.25) is 0 Å². The summed E-state index contributed by atoms with van der Waals surface area (Å²) in [7, 11) is 1.49. The minimum atomic E-state index is -0.696. The summed E-state index contributed by atoms with van der Waals surface area (Å²) < 4.78 is 9.45. The van der Waals surface area contributed by atoms with Gasteiger partial charge in [-0.2, -0.15) is 11.3 Å². The van der Waals surface area contributed by atoms with Gasteiger partial charge in [0, 0.05) is 19.0 Å². The van der Waals surface area contributed by atoms with Gasteiger partial charge in [-0.05, 0) is 11.4 Å². The fourth-order valence-electron chi connectivity index (χ4n) is 1.07. The largest absolute Gasteiger partial charge is 0.452 e. The first-order valence-corrected chi connectivity index (χ1v) is 6.33. The molecule has 1 rings (SSSR count). The highest BCUT2D eigenvalue weighted by Gasteiger charge is 2.12. The Bertz CT molecular complexity index is 432. The topological polar surface area (TPSA) is 93.7 Å². The molecule has 0 saturated carbocycles. The Balaban J connectivity index is 2.20. The van der Waals surface area contributed by atoms with Crippen LogP contribution in [0.1, 0.15) is 10.4 Å². The van der Waals surface area contributed by atoms with Crippen molar-refractivity contribution in [3.63, 3.8) is 0 Å². The van der Waals surface area contributed by atoms with Crippen LogP contribution in [0.2, 0.25) is 0 Å². The van der Waals surface area contributed by atoms with Crippen molar-refractivity contribution in [3.8, 4) is 0 Å². The van der Waals surface area contributed by atoms with Crippen LogP contribution in [0.25, 0.3) is 0 Å². The molecule has 1 aromatic rings. The second-order valence-electron chi connectivity index (χ2n) is 3.39. The lowest BCUT2D eigenvalue weighted by Crippen LogP contribution is -2.42. The van der Waals surface area contributed by atoms with Crippen molar-refractivity contribution >= 4 is 29.2 Å². The number of ether oxygens (including phenoxy) is 2. The Kier molecular flexibility index (Phi) is 6.55. The number of carbonyl (C=O) groups excluding carboxylic acids is 3. The summed E-state index contributed by atoms with van der Waals surface area (Å²) in [6.45, 7) is 0.117. The van der Waals surface area contributed by atoms with Crippen molar-refractivity contribution in [3.05, 3.63) is 22.4 Å². The minimum Gasteiger partial charge on any atom is -0.452 e. The van der Waals surface area contributed by atoms with Crippen LogP contribution < -0.4 is 10.6 Å². The molecule has 3 amide bonds. The maximum absolute atomic E-state index is 11.4. The molecule has 0 saturated heterocycles. The van der Waals surface area contributed by atoms with Crippen LogP contribution in [0, 0.1) is 0 Å². The zero-order valence-corrected chi connectivity index (χ0v) is 11.1. The Morgan fingerprint density at radius 2 is 2.16 bits per heavy atom. The van der Waals surface area contributed by atoms with E-state index in [0.717, 1.165) is 0 Å². The maximum atomic E-state index is 11.4. The first-order chi connectivity index (χ1) is 9.13. The van der Waals surface area contributed by atoms with Crippen LogP contribution in [0.15, 0.2) is 16.8 Å². The molecule has 1 heterocycles. The van der Waals surface area contributed by atoms with E-state index in [-0.39, 0.29) is 6.54 Å². The van der Waals surface area contributed by atoms with Gasteiger partial charge in [-0.3, -0.25) is 10.1 Å². The van der Waals surface area contributed by atoms with Gasteiger partial charge in [-0.25, -0.2) is 9.59 Å². The predicted molar refractivity (Wildman–Crippen MR) is 68.0 cm³/mol. The van der Waals surface area contributed by atoms with Gasteiger partial charge in [0.05, 0.1) is 12.2 Å². The molecule has 0 aliphatic heterocycles. The fourth-order valence-corrected chi connectivity index (χ4v) is 1.69. The summed E-state index contributed by atoms with van der Waals surface area (Å²) >= 11 is 1.35. The molecule has 0 fully saturated rings. The number of nitrogens with one attached hydrogen (secondary N) is 2. The van der Waals surface area contributed by atoms with Crippen LogP contribution in [0.4, 0.5) is 4.79 Å². The van der Waals surface area contributed by atoms with Gasteiger partial charge < -0.3 is 14.8 Å². The van der Waals surface area contributed by atoms with E-state index < -0.39 is 24.5 Å². The predicted octanol–water partition coefficient (Wildman–Crippen LogP) is 0.377. The lowest BCUT2D eigenvalue weighted by molar-refractivity contribution is -0.123. The highest BCUT2D eigenvalue weighted by atomic mass is 32.1. The Labute approximate surface area is 113 Å². The van der Waals surface area contributed by atoms with Crippen molar-refractivity contribution in [2.45, 2.75) is 0 Å². The average molecular weight is 286 g/mol. The van der Waals surface area contributed by atoms with Crippen molar-refractivity contribution in [1.82, 2.24) is 10.6 Å². The van der Waals surface area contributed by atoms with Gasteiger partial charge in [-0.1, -0.05) is 0 Å². The highest BCUT2D eigenvalue weighted by Crippen LogP contribution is 2.06. The van der Waals surface area contributed by atoms with E-state index in [0.29, 0.717) is 12.2 Å². The number of rotatable bonds is 6. The Morgan fingerprint density at radius 1 is 1.37 bits per heavy atom. The molecule has 8 heteroatoms. The molecule has 0 aliphatic rings. The third-order valence-electron chi connectivity index (χ3n) is 1.94. The number of methoxy groups -OCH3 is 1. The number of imide groups is 1. The SMILES string of the molecule is COCCNC(=O)NC(=O)COC(=O)c1ccsc1. The molecular formula is C11H14N2O5S. The van der Waals surface area contributed by atoms with Gasteiger partial charge in [0.15, 0.2) is 6.61 Å². The number of thiophene rings is 1. The molecule has 0 aromatic carbocycles. The first-order valence-electron chi connectivity index (χ1n) is 5.39. The number of esters is 1. The normalized spacial score (nSPS) is 9.74. The van der Waals surface area contributed by atoms with E-state index in [1.165, 1.54) is 18.4 Å². The van der Waals surface area contributed by atoms with Crippen LogP contribution in [-0.2, 0) is 14.3 Å². The minimum absolute atomic E-state index is 0.282. The smallest absolute Gasteiger partial charge is 0.339 e. The van der Waals surface area contributed by atoms with Gasteiger partial charge >= 0.3 is 12.0 Å². The molecule has 0 unspecified atom stereocenters. The number of hydrogen-bond donors (Lipinski definition) is 2. The van der Waals surface area contributed by atoms with E-state index in [1.807, 2.05) is 5.32 Å². The molecule has 0 atom stereocenters. The van der Waals surface area contributed by atoms with Crippen molar-refractivity contribution < 1.29 is 23.9 Å². The zero-order valence-electron chi connectivity index (χ0n) is 10.3. The third-order valence-corrected chi connectivity index (χ3v) is 2.62. The molecule has 1 aromatic heterocycles. The van der Waals surface area contributed by atoms with Crippen LogP contribution in [0.3, 0.4) is 0 Å². The number of urea groups is 1. The summed E-state index contributed by atoms with van der Waals surface area (Å²) in [6.07, 6.45) is 0. The molecule has 19 heavy (non-hydrogen) atoms. The van der Waals surface area contributed by atoms with E-state index in [9.17, 15) is 14.4 Å². The van der Waals surface area contributed by atoms with Crippen molar-refractivity contribution in [2.24, 2.45) is 0 Å². The first kappa shape index (κ1) is 15.1. The molecule has 7 nitrogen and oxygen atoms in total. The van der Waals surface area contributed by atoms with E-state index in [4.69, 9.17) is 9.47 Å². The molecule has 0 bridgehead atoms. The molecule has 2 N–H and O–H groups in total. The zero-order chi connectivity index (χ0) is 14.1. The third kappa shape index (κ3) is 5.98. The molecule has 104 valence electrons. The van der Waals surface area contributed by atoms with Crippen LogP contribution in [-0.4, -0.2) is 44.8 Å². The average Bonchev–Trinajstić information content (AvgIpc) is 2.90. The highest BCUT2D eigenvalue weighted by molar-refractivity contribution is 7.08. The second kappa shape index (κ2) is 8.22. The fraction of sp³-hybridized carbons (Fsp3) is 0.364. The Morgan fingerprint density at radius 3 is 2.79 bits per heavy atom.